The number of benzene rings is 1. The average molecular weight is 234 g/mol. The standard InChI is InChI=1S/C13H18N2O2/c14-12-3-1-2-11(8-12)13(16)15-6-4-10-5-7-17-9-10/h1-3,8,10H,4-7,9,14H2,(H,15,16). The fourth-order valence-electron chi connectivity index (χ4n) is 1.98. The molecule has 4 heteroatoms. The summed E-state index contributed by atoms with van der Waals surface area (Å²) >= 11 is 0. The highest BCUT2D eigenvalue weighted by Gasteiger charge is 2.15. The molecule has 0 bridgehead atoms. The number of nitrogen functional groups attached to an aromatic ring is 1. The highest BCUT2D eigenvalue weighted by molar-refractivity contribution is 5.94. The number of carbonyl (C=O) groups is 1. The smallest absolute Gasteiger partial charge is 0.251 e. The van der Waals surface area contributed by atoms with Gasteiger partial charge in [-0.3, -0.25) is 4.79 Å². The molecule has 1 saturated heterocycles. The van der Waals surface area contributed by atoms with Gasteiger partial charge < -0.3 is 15.8 Å². The van der Waals surface area contributed by atoms with Crippen LogP contribution in [-0.4, -0.2) is 25.7 Å². The lowest BCUT2D eigenvalue weighted by Crippen LogP contribution is -2.26. The van der Waals surface area contributed by atoms with Gasteiger partial charge in [-0.15, -0.1) is 0 Å². The number of hydrogen-bond donors (Lipinski definition) is 2. The van der Waals surface area contributed by atoms with Crippen LogP contribution in [0.5, 0.6) is 0 Å². The second kappa shape index (κ2) is 5.68. The van der Waals surface area contributed by atoms with Crippen molar-refractivity contribution in [2.75, 3.05) is 25.5 Å². The van der Waals surface area contributed by atoms with Gasteiger partial charge >= 0.3 is 0 Å². The predicted molar refractivity (Wildman–Crippen MR) is 66.7 cm³/mol. The number of hydrogen-bond acceptors (Lipinski definition) is 3. The number of rotatable bonds is 4. The minimum atomic E-state index is -0.0591. The lowest BCUT2D eigenvalue weighted by molar-refractivity contribution is 0.0950. The lowest BCUT2D eigenvalue weighted by Gasteiger charge is -2.09. The van der Waals surface area contributed by atoms with Crippen LogP contribution in [0.1, 0.15) is 23.2 Å². The van der Waals surface area contributed by atoms with E-state index in [9.17, 15) is 4.79 Å². The maximum atomic E-state index is 11.8. The van der Waals surface area contributed by atoms with Crippen molar-refractivity contribution in [1.82, 2.24) is 5.32 Å². The number of anilines is 1. The van der Waals surface area contributed by atoms with Crippen LogP contribution in [0.4, 0.5) is 5.69 Å². The summed E-state index contributed by atoms with van der Waals surface area (Å²) in [5, 5.41) is 2.90. The Balaban J connectivity index is 1.77. The Hall–Kier alpha value is -1.55. The molecular formula is C13H18N2O2. The molecule has 1 heterocycles. The second-order valence-corrected chi connectivity index (χ2v) is 4.40. The van der Waals surface area contributed by atoms with Crippen molar-refractivity contribution in [1.29, 1.82) is 0 Å². The third kappa shape index (κ3) is 3.46. The Morgan fingerprint density at radius 2 is 2.41 bits per heavy atom. The first-order valence-corrected chi connectivity index (χ1v) is 5.97. The first-order valence-electron chi connectivity index (χ1n) is 5.97. The molecule has 17 heavy (non-hydrogen) atoms. The molecule has 1 fully saturated rings. The Morgan fingerprint density at radius 3 is 3.12 bits per heavy atom. The van der Waals surface area contributed by atoms with Crippen molar-refractivity contribution < 1.29 is 9.53 Å². The SMILES string of the molecule is Nc1cccc(C(=O)NCCC2CCOC2)c1. The van der Waals surface area contributed by atoms with Crippen molar-refractivity contribution in [3.63, 3.8) is 0 Å². The van der Waals surface area contributed by atoms with Crippen LogP contribution in [0.2, 0.25) is 0 Å². The van der Waals surface area contributed by atoms with Gasteiger partial charge in [-0.2, -0.15) is 0 Å². The monoisotopic (exact) mass is 234 g/mol. The number of ether oxygens (including phenoxy) is 1. The molecule has 1 aromatic carbocycles. The Morgan fingerprint density at radius 1 is 1.53 bits per heavy atom. The fourth-order valence-corrected chi connectivity index (χ4v) is 1.98. The van der Waals surface area contributed by atoms with E-state index < -0.39 is 0 Å². The summed E-state index contributed by atoms with van der Waals surface area (Å²) in [6, 6.07) is 7.01. The molecule has 3 N–H and O–H groups in total. The van der Waals surface area contributed by atoms with E-state index in [1.54, 1.807) is 24.3 Å². The molecule has 0 spiro atoms. The van der Waals surface area contributed by atoms with Crippen LogP contribution >= 0.6 is 0 Å². The molecule has 1 aliphatic rings. The van der Waals surface area contributed by atoms with E-state index in [4.69, 9.17) is 10.5 Å². The molecule has 1 unspecified atom stereocenters. The van der Waals surface area contributed by atoms with E-state index in [2.05, 4.69) is 5.32 Å². The van der Waals surface area contributed by atoms with Crippen LogP contribution in [0.25, 0.3) is 0 Å². The summed E-state index contributed by atoms with van der Waals surface area (Å²) in [5.74, 6) is 0.535. The van der Waals surface area contributed by atoms with E-state index in [1.807, 2.05) is 0 Å². The first kappa shape index (κ1) is 11.9. The van der Waals surface area contributed by atoms with Gasteiger partial charge in [0, 0.05) is 31.0 Å². The molecule has 1 aliphatic heterocycles. The highest BCUT2D eigenvalue weighted by Crippen LogP contribution is 2.15. The Bertz CT molecular complexity index is 387. The lowest BCUT2D eigenvalue weighted by atomic mass is 10.1. The molecule has 0 aromatic heterocycles. The van der Waals surface area contributed by atoms with Crippen molar-refractivity contribution in [2.45, 2.75) is 12.8 Å². The number of nitrogens with one attached hydrogen (secondary N) is 1. The van der Waals surface area contributed by atoms with Gasteiger partial charge in [-0.05, 0) is 37.0 Å². The molecule has 92 valence electrons. The maximum Gasteiger partial charge on any atom is 0.251 e. The van der Waals surface area contributed by atoms with Crippen LogP contribution in [0, 0.1) is 5.92 Å². The fraction of sp³-hybridized carbons (Fsp3) is 0.462. The quantitative estimate of drug-likeness (QED) is 0.774. The molecule has 1 atom stereocenters. The van der Waals surface area contributed by atoms with Gasteiger partial charge in [0.1, 0.15) is 0 Å². The van der Waals surface area contributed by atoms with Gasteiger partial charge in [0.2, 0.25) is 0 Å². The summed E-state index contributed by atoms with van der Waals surface area (Å²) in [7, 11) is 0. The van der Waals surface area contributed by atoms with E-state index in [0.29, 0.717) is 23.7 Å². The average Bonchev–Trinajstić information content (AvgIpc) is 2.82. The molecule has 1 amide bonds. The zero-order valence-electron chi connectivity index (χ0n) is 9.82. The summed E-state index contributed by atoms with van der Waals surface area (Å²) in [4.78, 5) is 11.8. The van der Waals surface area contributed by atoms with E-state index in [1.165, 1.54) is 0 Å². The zero-order valence-corrected chi connectivity index (χ0v) is 9.82. The molecule has 0 radical (unpaired) electrons. The largest absolute Gasteiger partial charge is 0.399 e. The molecule has 2 rings (SSSR count). The van der Waals surface area contributed by atoms with Crippen LogP contribution in [0.15, 0.2) is 24.3 Å². The summed E-state index contributed by atoms with van der Waals surface area (Å²) < 4.78 is 5.29. The minimum absolute atomic E-state index is 0.0591. The van der Waals surface area contributed by atoms with E-state index in [-0.39, 0.29) is 5.91 Å². The van der Waals surface area contributed by atoms with Gasteiger partial charge in [0.25, 0.3) is 5.91 Å². The minimum Gasteiger partial charge on any atom is -0.399 e. The maximum absolute atomic E-state index is 11.8. The third-order valence-corrected chi connectivity index (χ3v) is 3.01. The molecule has 0 aliphatic carbocycles. The number of nitrogens with two attached hydrogens (primary N) is 1. The Kier molecular flexibility index (Phi) is 3.98. The molecule has 0 saturated carbocycles. The predicted octanol–water partition coefficient (Wildman–Crippen LogP) is 1.43. The highest BCUT2D eigenvalue weighted by atomic mass is 16.5. The molecular weight excluding hydrogens is 216 g/mol. The normalized spacial score (nSPS) is 19.2. The zero-order chi connectivity index (χ0) is 12.1. The third-order valence-electron chi connectivity index (χ3n) is 3.01. The van der Waals surface area contributed by atoms with Gasteiger partial charge in [0.15, 0.2) is 0 Å². The Labute approximate surface area is 101 Å². The van der Waals surface area contributed by atoms with Gasteiger partial charge in [-0.25, -0.2) is 0 Å². The summed E-state index contributed by atoms with van der Waals surface area (Å²) in [5.41, 5.74) is 6.86. The van der Waals surface area contributed by atoms with Crippen LogP contribution in [0.3, 0.4) is 0 Å². The second-order valence-electron chi connectivity index (χ2n) is 4.40. The number of amides is 1. The topological polar surface area (TPSA) is 64.4 Å². The summed E-state index contributed by atoms with van der Waals surface area (Å²) in [6.45, 7) is 2.38. The molecule has 4 nitrogen and oxygen atoms in total. The van der Waals surface area contributed by atoms with Crippen molar-refractivity contribution >= 4 is 11.6 Å². The van der Waals surface area contributed by atoms with Gasteiger partial charge in [0.05, 0.1) is 0 Å². The summed E-state index contributed by atoms with van der Waals surface area (Å²) in [6.07, 6.45) is 2.09. The van der Waals surface area contributed by atoms with E-state index in [0.717, 1.165) is 26.1 Å². The van der Waals surface area contributed by atoms with Crippen molar-refractivity contribution in [3.05, 3.63) is 29.8 Å². The van der Waals surface area contributed by atoms with Crippen molar-refractivity contribution in [2.24, 2.45) is 5.92 Å². The molecule has 1 aromatic rings. The van der Waals surface area contributed by atoms with Crippen LogP contribution in [-0.2, 0) is 4.74 Å². The first-order chi connectivity index (χ1) is 8.25. The van der Waals surface area contributed by atoms with Crippen LogP contribution < -0.4 is 11.1 Å². The number of carbonyl (C=O) groups excluding carboxylic acids is 1. The van der Waals surface area contributed by atoms with Gasteiger partial charge in [-0.1, -0.05) is 6.07 Å². The van der Waals surface area contributed by atoms with Crippen molar-refractivity contribution in [3.8, 4) is 0 Å². The van der Waals surface area contributed by atoms with E-state index >= 15 is 0 Å².